The van der Waals surface area contributed by atoms with Crippen molar-refractivity contribution in [2.45, 2.75) is 13.0 Å². The normalized spacial score (nSPS) is 10.8. The first-order valence-electron chi connectivity index (χ1n) is 11.2. The summed E-state index contributed by atoms with van der Waals surface area (Å²) in [5.74, 6) is -0.698. The van der Waals surface area contributed by atoms with Crippen molar-refractivity contribution in [2.24, 2.45) is 0 Å². The average Bonchev–Trinajstić information content (AvgIpc) is 2.83. The molecule has 4 rings (SSSR count). The topological polar surface area (TPSA) is 75.9 Å². The fourth-order valence-corrected chi connectivity index (χ4v) is 3.61. The van der Waals surface area contributed by atoms with Crippen molar-refractivity contribution in [3.63, 3.8) is 0 Å². The van der Waals surface area contributed by atoms with Crippen molar-refractivity contribution in [3.05, 3.63) is 94.3 Å². The van der Waals surface area contributed by atoms with E-state index in [0.717, 1.165) is 36.7 Å². The largest absolute Gasteiger partial charge is 0.369 e. The van der Waals surface area contributed by atoms with Crippen LogP contribution in [0.25, 0.3) is 22.5 Å². The molecule has 0 saturated carbocycles. The minimum Gasteiger partial charge on any atom is -0.369 e. The van der Waals surface area contributed by atoms with E-state index in [0.29, 0.717) is 17.2 Å². The molecule has 2 aromatic carbocycles. The molecule has 0 atom stereocenters. The van der Waals surface area contributed by atoms with Gasteiger partial charge >= 0.3 is 0 Å². The van der Waals surface area contributed by atoms with E-state index >= 15 is 0 Å². The molecule has 188 valence electrons. The van der Waals surface area contributed by atoms with Gasteiger partial charge in [0.1, 0.15) is 17.5 Å². The predicted octanol–water partition coefficient (Wildman–Crippen LogP) is 4.48. The van der Waals surface area contributed by atoms with Gasteiger partial charge < -0.3 is 10.2 Å². The molecule has 4 aromatic rings. The van der Waals surface area contributed by atoms with Crippen molar-refractivity contribution in [2.75, 3.05) is 32.5 Å². The Bertz CT molecular complexity index is 1340. The van der Waals surface area contributed by atoms with E-state index < -0.39 is 11.6 Å². The zero-order valence-electron chi connectivity index (χ0n) is 20.0. The first-order chi connectivity index (χ1) is 16.9. The second-order valence-electron chi connectivity index (χ2n) is 8.46. The fraction of sp³-hybridized carbons (Fsp3) is 0.231. The maximum Gasteiger partial charge on any atom is 0.267 e. The lowest BCUT2D eigenvalue weighted by Gasteiger charge is -2.10. The van der Waals surface area contributed by atoms with Gasteiger partial charge in [0.2, 0.25) is 0 Å². The fourth-order valence-electron chi connectivity index (χ4n) is 3.61. The molecule has 0 saturated heterocycles. The van der Waals surface area contributed by atoms with Crippen LogP contribution in [-0.4, -0.2) is 52.1 Å². The number of anilines is 1. The third kappa shape index (κ3) is 7.16. The number of hydrogen-bond acceptors (Lipinski definition) is 6. The molecule has 0 aliphatic carbocycles. The van der Waals surface area contributed by atoms with Crippen LogP contribution in [0, 0.1) is 11.6 Å². The monoisotopic (exact) mass is 512 g/mol. The Hall–Kier alpha value is -3.69. The Morgan fingerprint density at radius 3 is 2.33 bits per heavy atom. The van der Waals surface area contributed by atoms with Crippen LogP contribution in [-0.2, 0) is 6.54 Å². The molecule has 0 aliphatic rings. The van der Waals surface area contributed by atoms with Gasteiger partial charge in [0, 0.05) is 29.8 Å². The first-order valence-corrected chi connectivity index (χ1v) is 11.2. The molecule has 36 heavy (non-hydrogen) atoms. The molecule has 0 fully saturated rings. The number of nitrogens with zero attached hydrogens (tertiary/aromatic N) is 5. The average molecular weight is 513 g/mol. The lowest BCUT2D eigenvalue weighted by atomic mass is 10.1. The van der Waals surface area contributed by atoms with Gasteiger partial charge in [0.05, 0.1) is 17.9 Å². The first kappa shape index (κ1) is 26.9. The summed E-state index contributed by atoms with van der Waals surface area (Å²) < 4.78 is 28.5. The SMILES string of the molecule is CN(C)CCCNc1ccc(-c2cccc(Cn3nc(-c4cc(F)cc(F)c4)ccc3=O)c2)nn1.Cl. The lowest BCUT2D eigenvalue weighted by molar-refractivity contribution is 0.405. The Morgan fingerprint density at radius 1 is 0.889 bits per heavy atom. The van der Waals surface area contributed by atoms with Crippen LogP contribution in [0.3, 0.4) is 0 Å². The molecule has 10 heteroatoms. The number of nitrogens with one attached hydrogen (secondary N) is 1. The van der Waals surface area contributed by atoms with Crippen LogP contribution in [0.2, 0.25) is 0 Å². The summed E-state index contributed by atoms with van der Waals surface area (Å²) in [6.07, 6.45) is 1.00. The standard InChI is InChI=1S/C26H26F2N6O.ClH/c1-33(2)12-4-11-29-25-9-7-23(30-31-25)19-6-3-5-18(13-19)17-34-26(35)10-8-24(32-34)20-14-21(27)16-22(28)15-20;/h3,5-10,13-16H,4,11-12,17H2,1-2H3,(H,29,31);1H. The van der Waals surface area contributed by atoms with Gasteiger partial charge in [-0.25, -0.2) is 13.5 Å². The van der Waals surface area contributed by atoms with E-state index in [-0.39, 0.29) is 30.1 Å². The molecule has 2 aromatic heterocycles. The van der Waals surface area contributed by atoms with Gasteiger partial charge in [-0.3, -0.25) is 4.79 Å². The van der Waals surface area contributed by atoms with Crippen LogP contribution < -0.4 is 10.9 Å². The quantitative estimate of drug-likeness (QED) is 0.333. The van der Waals surface area contributed by atoms with Gasteiger partial charge in [-0.1, -0.05) is 18.2 Å². The van der Waals surface area contributed by atoms with Crippen LogP contribution in [0.4, 0.5) is 14.6 Å². The highest BCUT2D eigenvalue weighted by atomic mass is 35.5. The molecule has 0 amide bonds. The molecule has 0 radical (unpaired) electrons. The summed E-state index contributed by atoms with van der Waals surface area (Å²) in [6, 6.07) is 17.3. The highest BCUT2D eigenvalue weighted by molar-refractivity contribution is 5.85. The Kier molecular flexibility index (Phi) is 9.21. The second kappa shape index (κ2) is 12.3. The van der Waals surface area contributed by atoms with Gasteiger partial charge in [0.15, 0.2) is 0 Å². The van der Waals surface area contributed by atoms with Crippen LogP contribution in [0.15, 0.2) is 71.5 Å². The number of rotatable bonds is 9. The van der Waals surface area contributed by atoms with E-state index in [1.807, 2.05) is 50.5 Å². The van der Waals surface area contributed by atoms with Gasteiger partial charge in [-0.05, 0) is 69.0 Å². The third-order valence-corrected chi connectivity index (χ3v) is 5.33. The molecular weight excluding hydrogens is 486 g/mol. The molecular formula is C26H27ClF2N6O. The Morgan fingerprint density at radius 2 is 1.64 bits per heavy atom. The van der Waals surface area contributed by atoms with Gasteiger partial charge in [0.25, 0.3) is 5.56 Å². The highest BCUT2D eigenvalue weighted by Crippen LogP contribution is 2.21. The molecule has 0 spiro atoms. The van der Waals surface area contributed by atoms with E-state index in [1.165, 1.54) is 28.9 Å². The maximum atomic E-state index is 13.6. The van der Waals surface area contributed by atoms with Crippen molar-refractivity contribution in [1.29, 1.82) is 0 Å². The number of benzene rings is 2. The summed E-state index contributed by atoms with van der Waals surface area (Å²) in [7, 11) is 4.08. The van der Waals surface area contributed by atoms with Crippen LogP contribution >= 0.6 is 12.4 Å². The molecule has 2 heterocycles. The van der Waals surface area contributed by atoms with Crippen LogP contribution in [0.1, 0.15) is 12.0 Å². The second-order valence-corrected chi connectivity index (χ2v) is 8.46. The van der Waals surface area contributed by atoms with Crippen LogP contribution in [0.5, 0.6) is 0 Å². The van der Waals surface area contributed by atoms with Gasteiger partial charge in [-0.15, -0.1) is 22.6 Å². The zero-order chi connectivity index (χ0) is 24.8. The number of halogens is 3. The van der Waals surface area contributed by atoms with Crippen molar-refractivity contribution in [3.8, 4) is 22.5 Å². The summed E-state index contributed by atoms with van der Waals surface area (Å²) in [4.78, 5) is 14.5. The van der Waals surface area contributed by atoms with Gasteiger partial charge in [-0.2, -0.15) is 5.10 Å². The molecule has 1 N–H and O–H groups in total. The van der Waals surface area contributed by atoms with Crippen molar-refractivity contribution >= 4 is 18.2 Å². The van der Waals surface area contributed by atoms with Crippen molar-refractivity contribution < 1.29 is 8.78 Å². The Balaban J connectivity index is 0.00000361. The minimum absolute atomic E-state index is 0. The summed E-state index contributed by atoms with van der Waals surface area (Å²) in [5.41, 5.74) is 2.63. The van der Waals surface area contributed by atoms with E-state index in [2.05, 4.69) is 25.5 Å². The minimum atomic E-state index is -0.705. The number of hydrogen-bond donors (Lipinski definition) is 1. The zero-order valence-corrected chi connectivity index (χ0v) is 20.8. The molecule has 7 nitrogen and oxygen atoms in total. The molecule has 0 unspecified atom stereocenters. The summed E-state index contributed by atoms with van der Waals surface area (Å²) >= 11 is 0. The highest BCUT2D eigenvalue weighted by Gasteiger charge is 2.09. The summed E-state index contributed by atoms with van der Waals surface area (Å²) in [5, 5.41) is 16.1. The lowest BCUT2D eigenvalue weighted by Crippen LogP contribution is -2.22. The summed E-state index contributed by atoms with van der Waals surface area (Å²) in [6.45, 7) is 1.99. The van der Waals surface area contributed by atoms with E-state index in [1.54, 1.807) is 0 Å². The predicted molar refractivity (Wildman–Crippen MR) is 139 cm³/mol. The smallest absolute Gasteiger partial charge is 0.267 e. The van der Waals surface area contributed by atoms with E-state index in [4.69, 9.17) is 0 Å². The third-order valence-electron chi connectivity index (χ3n) is 5.33. The van der Waals surface area contributed by atoms with Crippen molar-refractivity contribution in [1.82, 2.24) is 24.9 Å². The maximum absolute atomic E-state index is 13.6. The Labute approximate surface area is 214 Å². The molecule has 0 bridgehead atoms. The van der Waals surface area contributed by atoms with E-state index in [9.17, 15) is 13.6 Å². The number of aromatic nitrogens is 4. The molecule has 0 aliphatic heterocycles.